The predicted molar refractivity (Wildman–Crippen MR) is 133 cm³/mol. The number of aliphatic hydroxyl groups is 1. The average Bonchev–Trinajstić information content (AvgIpc) is 3.60. The lowest BCUT2D eigenvalue weighted by Gasteiger charge is -2.40. The van der Waals surface area contributed by atoms with Gasteiger partial charge in [0.1, 0.15) is 10.6 Å². The van der Waals surface area contributed by atoms with Gasteiger partial charge in [-0.25, -0.2) is 0 Å². The minimum absolute atomic E-state index is 0.00739. The van der Waals surface area contributed by atoms with Crippen molar-refractivity contribution in [2.45, 2.75) is 31.9 Å². The predicted octanol–water partition coefficient (Wildman–Crippen LogP) is 2.02. The van der Waals surface area contributed by atoms with Crippen molar-refractivity contribution in [2.75, 3.05) is 34.4 Å². The number of nitrogen functional groups attached to an aromatic ring is 1. The first-order chi connectivity index (χ1) is 16.3. The first kappa shape index (κ1) is 22.5. The number of aromatic nitrogens is 2. The Morgan fingerprint density at radius 2 is 2.03 bits per heavy atom. The molecule has 4 heterocycles. The second-order valence-corrected chi connectivity index (χ2v) is 10.1. The smallest absolute Gasteiger partial charge is 0.260 e. The van der Waals surface area contributed by atoms with Crippen molar-refractivity contribution in [1.29, 1.82) is 0 Å². The van der Waals surface area contributed by atoms with Crippen LogP contribution in [0, 0.1) is 11.8 Å². The van der Waals surface area contributed by atoms with Crippen molar-refractivity contribution in [1.82, 2.24) is 9.97 Å². The molecule has 5 rings (SSSR count). The van der Waals surface area contributed by atoms with Crippen molar-refractivity contribution in [2.24, 2.45) is 17.6 Å². The molecule has 1 saturated carbocycles. The number of hydrogen-bond acceptors (Lipinski definition) is 9. The summed E-state index contributed by atoms with van der Waals surface area (Å²) < 4.78 is 0.715. The maximum absolute atomic E-state index is 13.3. The fourth-order valence-electron chi connectivity index (χ4n) is 4.33. The zero-order valence-electron chi connectivity index (χ0n) is 18.7. The van der Waals surface area contributed by atoms with Gasteiger partial charge in [0, 0.05) is 37.2 Å². The van der Waals surface area contributed by atoms with Crippen molar-refractivity contribution in [3.8, 4) is 0 Å². The van der Waals surface area contributed by atoms with Crippen LogP contribution in [0.4, 0.5) is 22.1 Å². The maximum Gasteiger partial charge on any atom is 0.260 e. The molecule has 0 spiro atoms. The van der Waals surface area contributed by atoms with Crippen LogP contribution in [0.15, 0.2) is 30.7 Å². The highest BCUT2D eigenvalue weighted by molar-refractivity contribution is 7.23. The number of nitrogens with zero attached hydrogens (tertiary/aromatic N) is 3. The Labute approximate surface area is 200 Å². The van der Waals surface area contributed by atoms with E-state index in [1.807, 2.05) is 17.9 Å². The summed E-state index contributed by atoms with van der Waals surface area (Å²) in [6.07, 6.45) is 6.03. The average molecular weight is 482 g/mol. The van der Waals surface area contributed by atoms with Gasteiger partial charge in [0.2, 0.25) is 5.91 Å². The molecule has 1 aliphatic carbocycles. The second kappa shape index (κ2) is 8.82. The Morgan fingerprint density at radius 3 is 2.76 bits per heavy atom. The molecule has 0 aromatic carbocycles. The minimum Gasteiger partial charge on any atom is -0.391 e. The number of thiophene rings is 1. The van der Waals surface area contributed by atoms with Crippen LogP contribution < -0.4 is 27.0 Å². The Bertz CT molecular complexity index is 1250. The molecule has 3 atom stereocenters. The van der Waals surface area contributed by atoms with E-state index in [1.165, 1.54) is 11.3 Å². The zero-order chi connectivity index (χ0) is 24.0. The number of carbonyl (C=O) groups is 2. The molecular formula is C23H27N7O3S. The summed E-state index contributed by atoms with van der Waals surface area (Å²) in [5, 5.41) is 16.3. The van der Waals surface area contributed by atoms with E-state index in [9.17, 15) is 14.7 Å². The molecule has 2 aliphatic rings. The van der Waals surface area contributed by atoms with Gasteiger partial charge in [0.25, 0.3) is 5.91 Å². The highest BCUT2D eigenvalue weighted by Gasteiger charge is 2.32. The minimum atomic E-state index is -0.571. The van der Waals surface area contributed by atoms with Crippen LogP contribution in [-0.4, -0.2) is 52.1 Å². The summed E-state index contributed by atoms with van der Waals surface area (Å²) in [6.45, 7) is 3.00. The normalized spacial score (nSPS) is 22.6. The van der Waals surface area contributed by atoms with E-state index in [-0.39, 0.29) is 23.3 Å². The van der Waals surface area contributed by atoms with Crippen LogP contribution in [0.3, 0.4) is 0 Å². The number of piperidine rings is 1. The van der Waals surface area contributed by atoms with Crippen LogP contribution in [0.1, 0.15) is 30.1 Å². The molecule has 0 radical (unpaired) electrons. The molecule has 2 fully saturated rings. The van der Waals surface area contributed by atoms with Gasteiger partial charge in [-0.1, -0.05) is 6.92 Å². The Morgan fingerprint density at radius 1 is 1.24 bits per heavy atom. The van der Waals surface area contributed by atoms with E-state index >= 15 is 0 Å². The van der Waals surface area contributed by atoms with Gasteiger partial charge in [-0.15, -0.1) is 11.3 Å². The molecule has 11 heteroatoms. The van der Waals surface area contributed by atoms with Gasteiger partial charge < -0.3 is 32.1 Å². The summed E-state index contributed by atoms with van der Waals surface area (Å²) in [5.41, 5.74) is 15.0. The number of aliphatic hydroxyl groups excluding tert-OH is 1. The number of fused-ring (bicyclic) bond motifs is 1. The van der Waals surface area contributed by atoms with Crippen LogP contribution in [0.2, 0.25) is 0 Å². The standard InChI is InChI=1S/C23H27N7O3S/c1-11-9-30(10-14(24)20(11)31)16-4-5-26-8-15(16)29-23(33)18-19-17(34-21(18)25)6-13(7-27-19)28-22(32)12-2-3-12/h4-8,11-12,14,20,31H,2-3,9-10,24-25H2,1H3,(H,28,32)(H,29,33). The third-order valence-corrected chi connectivity index (χ3v) is 7.30. The number of nitrogens with two attached hydrogens (primary N) is 2. The molecule has 178 valence electrons. The maximum atomic E-state index is 13.3. The number of amides is 2. The van der Waals surface area contributed by atoms with Gasteiger partial charge in [0.15, 0.2) is 0 Å². The number of pyridine rings is 2. The fraction of sp³-hybridized carbons (Fsp3) is 0.391. The molecular weight excluding hydrogens is 454 g/mol. The zero-order valence-corrected chi connectivity index (χ0v) is 19.5. The van der Waals surface area contributed by atoms with Crippen LogP contribution in [-0.2, 0) is 4.79 Å². The van der Waals surface area contributed by atoms with E-state index in [1.54, 1.807) is 24.7 Å². The molecule has 10 nitrogen and oxygen atoms in total. The molecule has 3 aromatic heterocycles. The summed E-state index contributed by atoms with van der Waals surface area (Å²) in [5.74, 6) is -0.336. The lowest BCUT2D eigenvalue weighted by molar-refractivity contribution is -0.117. The summed E-state index contributed by atoms with van der Waals surface area (Å²) in [6, 6.07) is 3.21. The number of carbonyl (C=O) groups excluding carboxylic acids is 2. The highest BCUT2D eigenvalue weighted by Crippen LogP contribution is 2.36. The van der Waals surface area contributed by atoms with Gasteiger partial charge >= 0.3 is 0 Å². The third kappa shape index (κ3) is 4.29. The van der Waals surface area contributed by atoms with E-state index in [0.29, 0.717) is 39.7 Å². The molecule has 1 aliphatic heterocycles. The lowest BCUT2D eigenvalue weighted by atomic mass is 9.92. The first-order valence-electron chi connectivity index (χ1n) is 11.2. The number of rotatable bonds is 5. The number of anilines is 4. The number of nitrogens with one attached hydrogen (secondary N) is 2. The van der Waals surface area contributed by atoms with E-state index < -0.39 is 18.1 Å². The molecule has 1 saturated heterocycles. The van der Waals surface area contributed by atoms with E-state index in [4.69, 9.17) is 11.5 Å². The topological polar surface area (TPSA) is 159 Å². The van der Waals surface area contributed by atoms with Crippen molar-refractivity contribution < 1.29 is 14.7 Å². The fourth-order valence-corrected chi connectivity index (χ4v) is 5.29. The van der Waals surface area contributed by atoms with Crippen LogP contribution in [0.25, 0.3) is 10.2 Å². The summed E-state index contributed by atoms with van der Waals surface area (Å²) >= 11 is 1.25. The van der Waals surface area contributed by atoms with Gasteiger partial charge in [-0.2, -0.15) is 0 Å². The largest absolute Gasteiger partial charge is 0.391 e. The molecule has 34 heavy (non-hydrogen) atoms. The molecule has 3 unspecified atom stereocenters. The van der Waals surface area contributed by atoms with Crippen LogP contribution in [0.5, 0.6) is 0 Å². The Balaban J connectivity index is 1.39. The second-order valence-electron chi connectivity index (χ2n) is 9.06. The first-order valence-corrected chi connectivity index (χ1v) is 12.1. The summed E-state index contributed by atoms with van der Waals surface area (Å²) in [4.78, 5) is 36.0. The van der Waals surface area contributed by atoms with Gasteiger partial charge in [-0.3, -0.25) is 19.6 Å². The summed E-state index contributed by atoms with van der Waals surface area (Å²) in [7, 11) is 0. The van der Waals surface area contributed by atoms with Gasteiger partial charge in [0.05, 0.1) is 45.8 Å². The Kier molecular flexibility index (Phi) is 5.84. The molecule has 2 amide bonds. The SMILES string of the molecule is CC1CN(c2ccncc2NC(=O)c2c(N)sc3cc(NC(=O)C4CC4)cnc23)CC(N)C1O. The molecule has 7 N–H and O–H groups in total. The van der Waals surface area contributed by atoms with Crippen molar-refractivity contribution in [3.63, 3.8) is 0 Å². The highest BCUT2D eigenvalue weighted by atomic mass is 32.1. The monoisotopic (exact) mass is 481 g/mol. The van der Waals surface area contributed by atoms with E-state index in [0.717, 1.165) is 18.5 Å². The third-order valence-electron chi connectivity index (χ3n) is 6.35. The number of hydrogen-bond donors (Lipinski definition) is 5. The lowest BCUT2D eigenvalue weighted by Crippen LogP contribution is -2.55. The van der Waals surface area contributed by atoms with Crippen molar-refractivity contribution >= 4 is 55.4 Å². The van der Waals surface area contributed by atoms with Crippen molar-refractivity contribution in [3.05, 3.63) is 36.3 Å². The molecule has 3 aromatic rings. The molecule has 0 bridgehead atoms. The van der Waals surface area contributed by atoms with Gasteiger partial charge in [-0.05, 0) is 25.0 Å². The quantitative estimate of drug-likeness (QED) is 0.370. The van der Waals surface area contributed by atoms with Crippen LogP contribution >= 0.6 is 11.3 Å². The van der Waals surface area contributed by atoms with E-state index in [2.05, 4.69) is 20.6 Å². The Hall–Kier alpha value is -3.28.